The predicted molar refractivity (Wildman–Crippen MR) is 76.3 cm³/mol. The molecule has 0 saturated heterocycles. The summed E-state index contributed by atoms with van der Waals surface area (Å²) in [4.78, 5) is 4.00. The van der Waals surface area contributed by atoms with Crippen LogP contribution in [-0.2, 0) is 0 Å². The van der Waals surface area contributed by atoms with Crippen LogP contribution < -0.4 is 4.74 Å². The molecule has 6 heteroatoms. The Morgan fingerprint density at radius 2 is 1.61 bits per heavy atom. The fourth-order valence-electron chi connectivity index (χ4n) is 1.50. The number of hydrogen-bond acceptors (Lipinski definition) is 2. The number of ether oxygens (including phenoxy) is 1. The molecule has 0 saturated carbocycles. The molecule has 0 fully saturated rings. The zero-order valence-corrected chi connectivity index (χ0v) is 12.2. The molecular formula is C12H7Cl4NO. The molecule has 18 heavy (non-hydrogen) atoms. The summed E-state index contributed by atoms with van der Waals surface area (Å²) < 4.78 is 5.06. The van der Waals surface area contributed by atoms with Crippen LogP contribution in [0, 0.1) is 0 Å². The van der Waals surface area contributed by atoms with Crippen molar-refractivity contribution in [1.82, 2.24) is 4.98 Å². The van der Waals surface area contributed by atoms with E-state index in [0.29, 0.717) is 26.0 Å². The maximum atomic E-state index is 6.18. The van der Waals surface area contributed by atoms with Crippen LogP contribution in [0.4, 0.5) is 0 Å². The second-order valence-electron chi connectivity index (χ2n) is 3.44. The number of nitrogens with zero attached hydrogens (tertiary/aromatic N) is 1. The van der Waals surface area contributed by atoms with Crippen LogP contribution in [0.2, 0.25) is 20.1 Å². The van der Waals surface area contributed by atoms with E-state index in [1.807, 2.05) is 0 Å². The Balaban J connectivity index is 2.62. The van der Waals surface area contributed by atoms with Crippen molar-refractivity contribution < 1.29 is 4.74 Å². The van der Waals surface area contributed by atoms with Crippen LogP contribution >= 0.6 is 46.4 Å². The number of rotatable bonds is 2. The van der Waals surface area contributed by atoms with Gasteiger partial charge in [-0.2, -0.15) is 0 Å². The smallest absolute Gasteiger partial charge is 0.232 e. The highest BCUT2D eigenvalue weighted by molar-refractivity contribution is 6.48. The standard InChI is InChI=1S/C12H7Cl4NO/c1-18-12-10(15)7(2-3-17-12)6-4-8(13)11(16)9(14)5-6/h2-5H,1H3. The van der Waals surface area contributed by atoms with E-state index >= 15 is 0 Å². The maximum Gasteiger partial charge on any atom is 0.232 e. The molecule has 0 unspecified atom stereocenters. The zero-order chi connectivity index (χ0) is 13.3. The molecule has 1 aromatic heterocycles. The molecule has 0 bridgehead atoms. The van der Waals surface area contributed by atoms with E-state index in [9.17, 15) is 0 Å². The Morgan fingerprint density at radius 1 is 1.00 bits per heavy atom. The third-order valence-corrected chi connectivity index (χ3v) is 3.91. The molecule has 0 aliphatic heterocycles. The van der Waals surface area contributed by atoms with Crippen molar-refractivity contribution in [3.05, 3.63) is 44.5 Å². The minimum absolute atomic E-state index is 0.319. The van der Waals surface area contributed by atoms with Gasteiger partial charge >= 0.3 is 0 Å². The highest BCUT2D eigenvalue weighted by Gasteiger charge is 2.13. The van der Waals surface area contributed by atoms with Gasteiger partial charge in [-0.25, -0.2) is 4.98 Å². The Labute approximate surface area is 124 Å². The van der Waals surface area contributed by atoms with E-state index in [1.54, 1.807) is 24.4 Å². The minimum atomic E-state index is 0.319. The summed E-state index contributed by atoms with van der Waals surface area (Å²) in [6.45, 7) is 0. The summed E-state index contributed by atoms with van der Waals surface area (Å²) >= 11 is 24.1. The van der Waals surface area contributed by atoms with Crippen molar-refractivity contribution in [2.75, 3.05) is 7.11 Å². The van der Waals surface area contributed by atoms with Crippen molar-refractivity contribution in [1.29, 1.82) is 0 Å². The Morgan fingerprint density at radius 3 is 2.17 bits per heavy atom. The second-order valence-corrected chi connectivity index (χ2v) is 5.01. The minimum Gasteiger partial charge on any atom is -0.480 e. The van der Waals surface area contributed by atoms with Gasteiger partial charge in [-0.05, 0) is 23.8 Å². The first-order valence-corrected chi connectivity index (χ1v) is 6.39. The highest BCUT2D eigenvalue weighted by atomic mass is 35.5. The Hall–Kier alpha value is -0.670. The van der Waals surface area contributed by atoms with E-state index in [0.717, 1.165) is 11.1 Å². The maximum absolute atomic E-state index is 6.18. The van der Waals surface area contributed by atoms with Gasteiger partial charge in [0.1, 0.15) is 5.02 Å². The van der Waals surface area contributed by atoms with Crippen molar-refractivity contribution in [3.63, 3.8) is 0 Å². The van der Waals surface area contributed by atoms with Crippen molar-refractivity contribution in [3.8, 4) is 17.0 Å². The number of pyridine rings is 1. The summed E-state index contributed by atoms with van der Waals surface area (Å²) in [5, 5.41) is 1.45. The van der Waals surface area contributed by atoms with E-state index in [2.05, 4.69) is 4.98 Å². The molecule has 0 aliphatic carbocycles. The lowest BCUT2D eigenvalue weighted by molar-refractivity contribution is 0.398. The summed E-state index contributed by atoms with van der Waals surface area (Å²) in [6.07, 6.45) is 1.59. The van der Waals surface area contributed by atoms with Crippen LogP contribution in [0.5, 0.6) is 5.88 Å². The third kappa shape index (κ3) is 2.52. The fourth-order valence-corrected chi connectivity index (χ4v) is 2.40. The predicted octanol–water partition coefficient (Wildman–Crippen LogP) is 5.37. The molecule has 0 atom stereocenters. The molecule has 0 N–H and O–H groups in total. The monoisotopic (exact) mass is 321 g/mol. The first-order chi connectivity index (χ1) is 8.54. The average molecular weight is 323 g/mol. The Bertz CT molecular complexity index is 578. The molecule has 2 nitrogen and oxygen atoms in total. The normalized spacial score (nSPS) is 10.5. The summed E-state index contributed by atoms with van der Waals surface area (Å²) in [5.41, 5.74) is 1.48. The lowest BCUT2D eigenvalue weighted by atomic mass is 10.1. The van der Waals surface area contributed by atoms with Gasteiger partial charge in [0.25, 0.3) is 0 Å². The summed E-state index contributed by atoms with van der Waals surface area (Å²) in [7, 11) is 1.50. The SMILES string of the molecule is COc1nccc(-c2cc(Cl)c(Cl)c(Cl)c2)c1Cl. The van der Waals surface area contributed by atoms with Crippen LogP contribution in [0.3, 0.4) is 0 Å². The first-order valence-electron chi connectivity index (χ1n) is 4.88. The number of benzene rings is 1. The van der Waals surface area contributed by atoms with E-state index in [-0.39, 0.29) is 0 Å². The molecule has 0 amide bonds. The average Bonchev–Trinajstić information content (AvgIpc) is 2.35. The molecule has 1 aromatic carbocycles. The first kappa shape index (κ1) is 13.8. The number of halogens is 4. The molecule has 2 rings (SSSR count). The van der Waals surface area contributed by atoms with Crippen molar-refractivity contribution >= 4 is 46.4 Å². The van der Waals surface area contributed by atoms with Gasteiger partial charge in [0.05, 0.1) is 22.2 Å². The van der Waals surface area contributed by atoms with Crippen LogP contribution in [0.25, 0.3) is 11.1 Å². The van der Waals surface area contributed by atoms with Gasteiger partial charge in [0.15, 0.2) is 0 Å². The topological polar surface area (TPSA) is 22.1 Å². The number of methoxy groups -OCH3 is 1. The zero-order valence-electron chi connectivity index (χ0n) is 9.18. The van der Waals surface area contributed by atoms with Crippen molar-refractivity contribution in [2.24, 2.45) is 0 Å². The quantitative estimate of drug-likeness (QED) is 0.693. The van der Waals surface area contributed by atoms with Crippen LogP contribution in [0.1, 0.15) is 0 Å². The van der Waals surface area contributed by atoms with Gasteiger partial charge in [-0.3, -0.25) is 0 Å². The van der Waals surface area contributed by atoms with E-state index in [1.165, 1.54) is 7.11 Å². The van der Waals surface area contributed by atoms with E-state index in [4.69, 9.17) is 51.1 Å². The van der Waals surface area contributed by atoms with Gasteiger partial charge in [0, 0.05) is 11.8 Å². The molecule has 0 aliphatic rings. The van der Waals surface area contributed by atoms with Gasteiger partial charge in [-0.15, -0.1) is 0 Å². The molecule has 1 heterocycles. The Kier molecular flexibility index (Phi) is 4.23. The molecular weight excluding hydrogens is 316 g/mol. The fraction of sp³-hybridized carbons (Fsp3) is 0.0833. The molecule has 0 radical (unpaired) electrons. The van der Waals surface area contributed by atoms with Crippen LogP contribution in [-0.4, -0.2) is 12.1 Å². The van der Waals surface area contributed by atoms with Gasteiger partial charge in [-0.1, -0.05) is 46.4 Å². The van der Waals surface area contributed by atoms with Crippen molar-refractivity contribution in [2.45, 2.75) is 0 Å². The lowest BCUT2D eigenvalue weighted by Gasteiger charge is -2.09. The van der Waals surface area contributed by atoms with Gasteiger partial charge < -0.3 is 4.74 Å². The van der Waals surface area contributed by atoms with E-state index < -0.39 is 0 Å². The summed E-state index contributed by atoms with van der Waals surface area (Å²) in [6, 6.07) is 5.13. The molecule has 94 valence electrons. The largest absolute Gasteiger partial charge is 0.480 e. The van der Waals surface area contributed by atoms with Gasteiger partial charge in [0.2, 0.25) is 5.88 Å². The second kappa shape index (κ2) is 5.54. The molecule has 2 aromatic rings. The third-order valence-electron chi connectivity index (χ3n) is 2.35. The lowest BCUT2D eigenvalue weighted by Crippen LogP contribution is -1.90. The number of hydrogen-bond donors (Lipinski definition) is 0. The van der Waals surface area contributed by atoms with Crippen LogP contribution in [0.15, 0.2) is 24.4 Å². The highest BCUT2D eigenvalue weighted by Crippen LogP contribution is 2.39. The molecule has 0 spiro atoms. The summed E-state index contributed by atoms with van der Waals surface area (Å²) in [5.74, 6) is 0.344. The number of aromatic nitrogens is 1.